The van der Waals surface area contributed by atoms with Crippen LogP contribution in [-0.4, -0.2) is 44.9 Å². The Morgan fingerprint density at radius 3 is 2.46 bits per heavy atom. The normalized spacial score (nSPS) is 15.7. The second kappa shape index (κ2) is 6.92. The number of aryl methyl sites for hydroxylation is 2. The third-order valence-electron chi connectivity index (χ3n) is 4.11. The van der Waals surface area contributed by atoms with Crippen molar-refractivity contribution in [3.05, 3.63) is 41.2 Å². The molecule has 0 aliphatic carbocycles. The molecule has 0 spiro atoms. The van der Waals surface area contributed by atoms with Gasteiger partial charge in [0.2, 0.25) is 10.0 Å². The molecular formula is C16H22N4O3S. The number of sulfonamides is 1. The predicted octanol–water partition coefficient (Wildman–Crippen LogP) is 1.34. The van der Waals surface area contributed by atoms with E-state index in [-0.39, 0.29) is 11.4 Å². The molecule has 2 aromatic rings. The fourth-order valence-electron chi connectivity index (χ4n) is 2.83. The zero-order valence-corrected chi connectivity index (χ0v) is 14.7. The maximum absolute atomic E-state index is 12.4. The van der Waals surface area contributed by atoms with Gasteiger partial charge in [-0.15, -0.1) is 0 Å². The first-order valence-corrected chi connectivity index (χ1v) is 9.38. The Hall–Kier alpha value is -1.90. The lowest BCUT2D eigenvalue weighted by molar-refractivity contribution is 0.122. The van der Waals surface area contributed by atoms with Gasteiger partial charge in [-0.2, -0.15) is 5.10 Å². The van der Waals surface area contributed by atoms with Crippen molar-refractivity contribution in [1.29, 1.82) is 0 Å². The fraction of sp³-hybridized carbons (Fsp3) is 0.438. The molecule has 0 amide bonds. The summed E-state index contributed by atoms with van der Waals surface area (Å²) in [6, 6.07) is 7.93. The highest BCUT2D eigenvalue weighted by Crippen LogP contribution is 2.19. The van der Waals surface area contributed by atoms with Crippen LogP contribution in [0.25, 0.3) is 0 Å². The van der Waals surface area contributed by atoms with Crippen molar-refractivity contribution < 1.29 is 13.2 Å². The summed E-state index contributed by atoms with van der Waals surface area (Å²) >= 11 is 0. The van der Waals surface area contributed by atoms with Gasteiger partial charge in [-0.25, -0.2) is 13.1 Å². The van der Waals surface area contributed by atoms with Gasteiger partial charge >= 0.3 is 0 Å². The SMILES string of the molecule is Cc1n[nH]c(C)c1S(=O)(=O)NCc1ccc(N2CCOCC2)cc1. The van der Waals surface area contributed by atoms with Crippen LogP contribution in [0.5, 0.6) is 0 Å². The van der Waals surface area contributed by atoms with Crippen molar-refractivity contribution >= 4 is 15.7 Å². The van der Waals surface area contributed by atoms with Crippen LogP contribution in [0, 0.1) is 13.8 Å². The Morgan fingerprint density at radius 2 is 1.88 bits per heavy atom. The lowest BCUT2D eigenvalue weighted by atomic mass is 10.2. The topological polar surface area (TPSA) is 87.3 Å². The molecule has 2 heterocycles. The van der Waals surface area contributed by atoms with Crippen LogP contribution in [0.1, 0.15) is 17.0 Å². The van der Waals surface area contributed by atoms with E-state index in [1.165, 1.54) is 0 Å². The minimum absolute atomic E-state index is 0.229. The Balaban J connectivity index is 1.66. The first-order valence-electron chi connectivity index (χ1n) is 7.90. The molecule has 1 aromatic heterocycles. The first kappa shape index (κ1) is 16.9. The van der Waals surface area contributed by atoms with E-state index < -0.39 is 10.0 Å². The standard InChI is InChI=1S/C16H22N4O3S/c1-12-16(13(2)19-18-12)24(21,22)17-11-14-3-5-15(6-4-14)20-7-9-23-10-8-20/h3-6,17H,7-11H2,1-2H3,(H,18,19). The molecule has 8 heteroatoms. The Kier molecular flexibility index (Phi) is 4.88. The summed E-state index contributed by atoms with van der Waals surface area (Å²) < 4.78 is 32.8. The van der Waals surface area contributed by atoms with E-state index in [1.807, 2.05) is 24.3 Å². The number of nitrogens with one attached hydrogen (secondary N) is 2. The van der Waals surface area contributed by atoms with Gasteiger partial charge in [0, 0.05) is 25.3 Å². The smallest absolute Gasteiger partial charge is 0.244 e. The summed E-state index contributed by atoms with van der Waals surface area (Å²) in [6.07, 6.45) is 0. The maximum Gasteiger partial charge on any atom is 0.244 e. The second-order valence-electron chi connectivity index (χ2n) is 5.85. The molecule has 0 saturated carbocycles. The number of morpholine rings is 1. The number of hydrogen-bond donors (Lipinski definition) is 2. The Morgan fingerprint density at radius 1 is 1.21 bits per heavy atom. The highest BCUT2D eigenvalue weighted by atomic mass is 32.2. The molecule has 130 valence electrons. The number of aromatic amines is 1. The van der Waals surface area contributed by atoms with Crippen molar-refractivity contribution in [2.45, 2.75) is 25.3 Å². The number of hydrogen-bond acceptors (Lipinski definition) is 5. The van der Waals surface area contributed by atoms with Crippen LogP contribution in [-0.2, 0) is 21.3 Å². The largest absolute Gasteiger partial charge is 0.378 e. The van der Waals surface area contributed by atoms with Crippen molar-refractivity contribution in [3.8, 4) is 0 Å². The monoisotopic (exact) mass is 350 g/mol. The summed E-state index contributed by atoms with van der Waals surface area (Å²) in [5, 5.41) is 6.64. The molecule has 2 N–H and O–H groups in total. The second-order valence-corrected chi connectivity index (χ2v) is 7.56. The number of aromatic nitrogens is 2. The summed E-state index contributed by atoms with van der Waals surface area (Å²) in [6.45, 7) is 6.86. The lowest BCUT2D eigenvalue weighted by Gasteiger charge is -2.28. The average molecular weight is 350 g/mol. The van der Waals surface area contributed by atoms with Crippen LogP contribution in [0.15, 0.2) is 29.2 Å². The van der Waals surface area contributed by atoms with E-state index in [2.05, 4.69) is 19.8 Å². The van der Waals surface area contributed by atoms with Crippen LogP contribution >= 0.6 is 0 Å². The van der Waals surface area contributed by atoms with E-state index in [0.717, 1.165) is 37.6 Å². The van der Waals surface area contributed by atoms with Gasteiger partial charge in [0.05, 0.1) is 24.6 Å². The van der Waals surface area contributed by atoms with Gasteiger partial charge in [0.1, 0.15) is 4.90 Å². The first-order chi connectivity index (χ1) is 11.5. The molecule has 1 saturated heterocycles. The molecule has 1 fully saturated rings. The molecule has 3 rings (SSSR count). The van der Waals surface area contributed by atoms with Crippen LogP contribution in [0.2, 0.25) is 0 Å². The highest BCUT2D eigenvalue weighted by Gasteiger charge is 2.21. The molecule has 7 nitrogen and oxygen atoms in total. The number of ether oxygens (including phenoxy) is 1. The lowest BCUT2D eigenvalue weighted by Crippen LogP contribution is -2.36. The van der Waals surface area contributed by atoms with Gasteiger partial charge in [-0.3, -0.25) is 5.10 Å². The fourth-order valence-corrected chi connectivity index (χ4v) is 4.22. The third kappa shape index (κ3) is 3.61. The Labute approximate surface area is 142 Å². The Bertz CT molecular complexity index is 774. The van der Waals surface area contributed by atoms with Crippen LogP contribution in [0.4, 0.5) is 5.69 Å². The molecule has 0 radical (unpaired) electrons. The maximum atomic E-state index is 12.4. The molecular weight excluding hydrogens is 328 g/mol. The zero-order valence-electron chi connectivity index (χ0n) is 13.9. The van der Waals surface area contributed by atoms with Crippen molar-refractivity contribution in [2.24, 2.45) is 0 Å². The van der Waals surface area contributed by atoms with E-state index in [4.69, 9.17) is 4.74 Å². The quantitative estimate of drug-likeness (QED) is 0.850. The van der Waals surface area contributed by atoms with Crippen molar-refractivity contribution in [3.63, 3.8) is 0 Å². The highest BCUT2D eigenvalue weighted by molar-refractivity contribution is 7.89. The van der Waals surface area contributed by atoms with E-state index >= 15 is 0 Å². The van der Waals surface area contributed by atoms with Gasteiger partial charge in [0.25, 0.3) is 0 Å². The molecule has 1 aliphatic heterocycles. The molecule has 1 aliphatic rings. The average Bonchev–Trinajstić information content (AvgIpc) is 2.94. The van der Waals surface area contributed by atoms with Gasteiger partial charge < -0.3 is 9.64 Å². The van der Waals surface area contributed by atoms with Gasteiger partial charge in [-0.05, 0) is 31.5 Å². The number of anilines is 1. The van der Waals surface area contributed by atoms with Gasteiger partial charge in [0.15, 0.2) is 0 Å². The molecule has 0 unspecified atom stereocenters. The number of benzene rings is 1. The van der Waals surface area contributed by atoms with E-state index in [0.29, 0.717) is 11.4 Å². The predicted molar refractivity (Wildman–Crippen MR) is 91.6 cm³/mol. The third-order valence-corrected chi connectivity index (χ3v) is 5.77. The summed E-state index contributed by atoms with van der Waals surface area (Å²) in [4.78, 5) is 2.49. The van der Waals surface area contributed by atoms with Crippen LogP contribution < -0.4 is 9.62 Å². The number of rotatable bonds is 5. The molecule has 0 bridgehead atoms. The summed E-state index contributed by atoms with van der Waals surface area (Å²) in [5.74, 6) is 0. The molecule has 0 atom stereocenters. The van der Waals surface area contributed by atoms with E-state index in [9.17, 15) is 8.42 Å². The minimum atomic E-state index is -3.58. The minimum Gasteiger partial charge on any atom is -0.378 e. The molecule has 1 aromatic carbocycles. The van der Waals surface area contributed by atoms with Gasteiger partial charge in [-0.1, -0.05) is 12.1 Å². The summed E-state index contributed by atoms with van der Waals surface area (Å²) in [7, 11) is -3.58. The molecule has 24 heavy (non-hydrogen) atoms. The van der Waals surface area contributed by atoms with Crippen molar-refractivity contribution in [1.82, 2.24) is 14.9 Å². The number of H-pyrrole nitrogens is 1. The van der Waals surface area contributed by atoms with Crippen molar-refractivity contribution in [2.75, 3.05) is 31.2 Å². The van der Waals surface area contributed by atoms with Crippen LogP contribution in [0.3, 0.4) is 0 Å². The summed E-state index contributed by atoms with van der Waals surface area (Å²) in [5.41, 5.74) is 3.06. The zero-order chi connectivity index (χ0) is 17.2. The van der Waals surface area contributed by atoms with E-state index in [1.54, 1.807) is 13.8 Å². The number of nitrogens with zero attached hydrogens (tertiary/aromatic N) is 2.